The number of hydrogen-bond donors (Lipinski definition) is 0. The normalized spacial score (nSPS) is 27.1. The van der Waals surface area contributed by atoms with Gasteiger partial charge >= 0.3 is 0 Å². The molecule has 1 aliphatic rings. The molecule has 1 saturated heterocycles. The molecule has 3 unspecified atom stereocenters. The second-order valence-corrected chi connectivity index (χ2v) is 4.37. The highest BCUT2D eigenvalue weighted by Crippen LogP contribution is 2.22. The molecule has 2 rings (SSSR count). The van der Waals surface area contributed by atoms with Crippen LogP contribution in [0.1, 0.15) is 12.1 Å². The van der Waals surface area contributed by atoms with E-state index >= 15 is 0 Å². The summed E-state index contributed by atoms with van der Waals surface area (Å²) in [7, 11) is 3.79. The molecule has 1 aromatic heterocycles. The standard InChI is InChI=1S/C9H15BN6O2/c1-16-4-6(13-15-16)5-17-7-2-9(10)18-8(7)3-12-14-11/h4,7-9H,2-3,5,10H2,1H3. The van der Waals surface area contributed by atoms with Crippen molar-refractivity contribution >= 4 is 7.85 Å². The number of aryl methyl sites for hydroxylation is 1. The topological polar surface area (TPSA) is 97.9 Å². The van der Waals surface area contributed by atoms with E-state index in [1.807, 2.05) is 21.1 Å². The van der Waals surface area contributed by atoms with Gasteiger partial charge in [-0.2, -0.15) is 0 Å². The molecule has 8 nitrogen and oxygen atoms in total. The lowest BCUT2D eigenvalue weighted by atomic mass is 9.96. The van der Waals surface area contributed by atoms with E-state index in [2.05, 4.69) is 20.3 Å². The van der Waals surface area contributed by atoms with Crippen molar-refractivity contribution in [2.75, 3.05) is 6.54 Å². The molecule has 0 radical (unpaired) electrons. The maximum atomic E-state index is 8.33. The largest absolute Gasteiger partial charge is 0.381 e. The number of aromatic nitrogens is 3. The van der Waals surface area contributed by atoms with Gasteiger partial charge in [0.1, 0.15) is 13.5 Å². The van der Waals surface area contributed by atoms with Crippen LogP contribution in [-0.4, -0.2) is 47.6 Å². The number of ether oxygens (including phenoxy) is 2. The van der Waals surface area contributed by atoms with Crippen LogP contribution >= 0.6 is 0 Å². The first-order chi connectivity index (χ1) is 8.69. The van der Waals surface area contributed by atoms with Crippen LogP contribution in [0.25, 0.3) is 10.4 Å². The van der Waals surface area contributed by atoms with Gasteiger partial charge in [-0.3, -0.25) is 4.68 Å². The zero-order chi connectivity index (χ0) is 13.0. The third kappa shape index (κ3) is 3.22. The van der Waals surface area contributed by atoms with Crippen molar-refractivity contribution in [2.45, 2.75) is 31.2 Å². The quantitative estimate of drug-likeness (QED) is 0.311. The highest BCUT2D eigenvalue weighted by atomic mass is 16.6. The fourth-order valence-corrected chi connectivity index (χ4v) is 2.03. The summed E-state index contributed by atoms with van der Waals surface area (Å²) in [6.45, 7) is 0.688. The molecule has 9 heteroatoms. The molecule has 3 atom stereocenters. The SMILES string of the molecule is BC1CC(OCc2cn(C)nn2)C(CN=[N+]=[N-])O1. The molecular formula is C9H15BN6O2. The van der Waals surface area contributed by atoms with Crippen molar-refractivity contribution in [1.29, 1.82) is 0 Å². The molecule has 0 saturated carbocycles. The fourth-order valence-electron chi connectivity index (χ4n) is 2.03. The maximum Gasteiger partial charge on any atom is 0.139 e. The average molecular weight is 250 g/mol. The predicted molar refractivity (Wildman–Crippen MR) is 65.4 cm³/mol. The van der Waals surface area contributed by atoms with Crippen molar-refractivity contribution in [3.8, 4) is 0 Å². The second kappa shape index (κ2) is 5.86. The maximum absolute atomic E-state index is 8.33. The Morgan fingerprint density at radius 1 is 1.78 bits per heavy atom. The minimum absolute atomic E-state index is 0.0625. The van der Waals surface area contributed by atoms with Gasteiger partial charge in [-0.25, -0.2) is 0 Å². The van der Waals surface area contributed by atoms with Gasteiger partial charge in [0, 0.05) is 18.0 Å². The van der Waals surface area contributed by atoms with Crippen LogP contribution in [0.15, 0.2) is 11.3 Å². The third-order valence-electron chi connectivity index (χ3n) is 2.81. The predicted octanol–water partition coefficient (Wildman–Crippen LogP) is -0.241. The molecular weight excluding hydrogens is 235 g/mol. The molecule has 0 aliphatic carbocycles. The van der Waals surface area contributed by atoms with E-state index in [1.54, 1.807) is 4.68 Å². The van der Waals surface area contributed by atoms with Crippen LogP contribution in [0.5, 0.6) is 0 Å². The van der Waals surface area contributed by atoms with Crippen LogP contribution in [0, 0.1) is 0 Å². The van der Waals surface area contributed by atoms with Gasteiger partial charge in [0.2, 0.25) is 0 Å². The van der Waals surface area contributed by atoms with E-state index in [9.17, 15) is 0 Å². The van der Waals surface area contributed by atoms with E-state index in [0.717, 1.165) is 12.1 Å². The summed E-state index contributed by atoms with van der Waals surface area (Å²) in [5, 5.41) is 11.3. The van der Waals surface area contributed by atoms with Gasteiger partial charge in [-0.1, -0.05) is 10.3 Å². The monoisotopic (exact) mass is 250 g/mol. The Hall–Kier alpha value is -1.57. The van der Waals surface area contributed by atoms with E-state index < -0.39 is 0 Å². The number of nitrogens with zero attached hydrogens (tertiary/aromatic N) is 6. The lowest BCUT2D eigenvalue weighted by Crippen LogP contribution is -2.27. The van der Waals surface area contributed by atoms with Gasteiger partial charge in [0.15, 0.2) is 0 Å². The Kier molecular flexibility index (Phi) is 4.19. The Labute approximate surface area is 105 Å². The molecule has 18 heavy (non-hydrogen) atoms. The Morgan fingerprint density at radius 3 is 3.28 bits per heavy atom. The average Bonchev–Trinajstić information content (AvgIpc) is 2.90. The van der Waals surface area contributed by atoms with Crippen molar-refractivity contribution in [2.24, 2.45) is 12.2 Å². The Balaban J connectivity index is 1.88. The highest BCUT2D eigenvalue weighted by molar-refractivity contribution is 6.11. The van der Waals surface area contributed by atoms with Gasteiger partial charge in [-0.15, -0.1) is 5.10 Å². The van der Waals surface area contributed by atoms with Crippen molar-refractivity contribution in [3.63, 3.8) is 0 Å². The molecule has 1 aromatic rings. The molecule has 2 heterocycles. The summed E-state index contributed by atoms with van der Waals surface area (Å²) >= 11 is 0. The highest BCUT2D eigenvalue weighted by Gasteiger charge is 2.33. The van der Waals surface area contributed by atoms with Crippen LogP contribution in [0.4, 0.5) is 0 Å². The van der Waals surface area contributed by atoms with Crippen LogP contribution in [0.2, 0.25) is 0 Å². The van der Waals surface area contributed by atoms with Crippen LogP contribution in [-0.2, 0) is 23.1 Å². The molecule has 0 bridgehead atoms. The van der Waals surface area contributed by atoms with Crippen LogP contribution in [0.3, 0.4) is 0 Å². The first-order valence-corrected chi connectivity index (χ1v) is 5.82. The minimum Gasteiger partial charge on any atom is -0.381 e. The fraction of sp³-hybridized carbons (Fsp3) is 0.778. The number of azide groups is 1. The van der Waals surface area contributed by atoms with E-state index in [1.165, 1.54) is 0 Å². The van der Waals surface area contributed by atoms with Gasteiger partial charge < -0.3 is 9.47 Å². The van der Waals surface area contributed by atoms with E-state index in [4.69, 9.17) is 15.0 Å². The summed E-state index contributed by atoms with van der Waals surface area (Å²) in [4.78, 5) is 2.74. The van der Waals surface area contributed by atoms with Gasteiger partial charge in [-0.05, 0) is 12.0 Å². The summed E-state index contributed by atoms with van der Waals surface area (Å²) in [6, 6.07) is 0.121. The number of rotatable bonds is 5. The summed E-state index contributed by atoms with van der Waals surface area (Å²) in [6.07, 6.45) is 2.37. The minimum atomic E-state index is -0.174. The lowest BCUT2D eigenvalue weighted by Gasteiger charge is -2.16. The molecule has 0 spiro atoms. The zero-order valence-corrected chi connectivity index (χ0v) is 10.4. The summed E-state index contributed by atoms with van der Waals surface area (Å²) in [5.74, 6) is 0. The van der Waals surface area contributed by atoms with Crippen molar-refractivity contribution < 1.29 is 9.47 Å². The Morgan fingerprint density at radius 2 is 2.61 bits per heavy atom. The second-order valence-electron chi connectivity index (χ2n) is 4.37. The Bertz CT molecular complexity index is 446. The van der Waals surface area contributed by atoms with E-state index in [0.29, 0.717) is 13.2 Å². The van der Waals surface area contributed by atoms with Gasteiger partial charge in [0.05, 0.1) is 31.6 Å². The smallest absolute Gasteiger partial charge is 0.139 e. The molecule has 96 valence electrons. The molecule has 0 amide bonds. The molecule has 1 aliphatic heterocycles. The molecule has 0 aromatic carbocycles. The van der Waals surface area contributed by atoms with Gasteiger partial charge in [0.25, 0.3) is 0 Å². The lowest BCUT2D eigenvalue weighted by molar-refractivity contribution is -0.0170. The number of hydrogen-bond acceptors (Lipinski definition) is 5. The summed E-state index contributed by atoms with van der Waals surface area (Å²) in [5.41, 5.74) is 9.11. The van der Waals surface area contributed by atoms with E-state index in [-0.39, 0.29) is 18.2 Å². The summed E-state index contributed by atoms with van der Waals surface area (Å²) < 4.78 is 13.0. The van der Waals surface area contributed by atoms with Crippen LogP contribution < -0.4 is 0 Å². The molecule has 1 fully saturated rings. The first-order valence-electron chi connectivity index (χ1n) is 5.82. The third-order valence-corrected chi connectivity index (χ3v) is 2.81. The van der Waals surface area contributed by atoms with Crippen molar-refractivity contribution in [3.05, 3.63) is 22.3 Å². The van der Waals surface area contributed by atoms with Crippen molar-refractivity contribution in [1.82, 2.24) is 15.0 Å². The molecule has 0 N–H and O–H groups in total. The zero-order valence-electron chi connectivity index (χ0n) is 10.4. The first kappa shape index (κ1) is 12.9.